The standard InChI is InChI=1S/C17H25NO4S/c19-15(10-21-17(20)18-1-3-23-4-2-18)22-16-13-6-11-5-12(8-13)9-14(16)7-11/h11-14,16H,1-10H2. The van der Waals surface area contributed by atoms with Gasteiger partial charge in [-0.2, -0.15) is 11.8 Å². The normalized spacial score (nSPS) is 38.4. The van der Waals surface area contributed by atoms with Crippen molar-refractivity contribution in [3.63, 3.8) is 0 Å². The lowest BCUT2D eigenvalue weighted by atomic mass is 9.55. The molecule has 5 rings (SSSR count). The van der Waals surface area contributed by atoms with Crippen LogP contribution in [0, 0.1) is 23.7 Å². The number of hydrogen-bond donors (Lipinski definition) is 0. The summed E-state index contributed by atoms with van der Waals surface area (Å²) in [4.78, 5) is 25.7. The number of carbonyl (C=O) groups excluding carboxylic acids is 2. The third-order valence-electron chi connectivity index (χ3n) is 5.99. The molecule has 0 spiro atoms. The van der Waals surface area contributed by atoms with Crippen molar-refractivity contribution in [1.82, 2.24) is 4.90 Å². The lowest BCUT2D eigenvalue weighted by molar-refractivity contribution is -0.173. The molecule has 128 valence electrons. The predicted octanol–water partition coefficient (Wildman–Crippen LogP) is 2.54. The zero-order valence-electron chi connectivity index (χ0n) is 13.4. The molecular formula is C17H25NO4S. The van der Waals surface area contributed by atoms with Crippen molar-refractivity contribution >= 4 is 23.8 Å². The van der Waals surface area contributed by atoms with Crippen LogP contribution in [-0.4, -0.2) is 54.3 Å². The molecular weight excluding hydrogens is 314 g/mol. The van der Waals surface area contributed by atoms with Crippen LogP contribution in [0.15, 0.2) is 0 Å². The van der Waals surface area contributed by atoms with Gasteiger partial charge in [-0.05, 0) is 55.8 Å². The van der Waals surface area contributed by atoms with Crippen LogP contribution in [0.4, 0.5) is 4.79 Å². The minimum absolute atomic E-state index is 0.0698. The summed E-state index contributed by atoms with van der Waals surface area (Å²) in [5.41, 5.74) is 0. The number of rotatable bonds is 3. The third kappa shape index (κ3) is 3.32. The summed E-state index contributed by atoms with van der Waals surface area (Å²) in [6, 6.07) is 0. The zero-order chi connectivity index (χ0) is 15.8. The van der Waals surface area contributed by atoms with Crippen molar-refractivity contribution < 1.29 is 19.1 Å². The van der Waals surface area contributed by atoms with Crippen LogP contribution < -0.4 is 0 Å². The molecule has 0 aromatic carbocycles. The van der Waals surface area contributed by atoms with E-state index in [0.717, 1.165) is 23.3 Å². The maximum Gasteiger partial charge on any atom is 0.410 e. The lowest BCUT2D eigenvalue weighted by Crippen LogP contribution is -2.50. The summed E-state index contributed by atoms with van der Waals surface area (Å²) in [6.45, 7) is 1.16. The molecule has 0 N–H and O–H groups in total. The number of ether oxygens (including phenoxy) is 2. The van der Waals surface area contributed by atoms with Gasteiger partial charge in [0.15, 0.2) is 6.61 Å². The fourth-order valence-corrected chi connectivity index (χ4v) is 6.11. The van der Waals surface area contributed by atoms with Gasteiger partial charge in [0.2, 0.25) is 0 Å². The Bertz CT molecular complexity index is 449. The first-order valence-electron chi connectivity index (χ1n) is 8.88. The molecule has 1 heterocycles. The maximum absolute atomic E-state index is 12.1. The summed E-state index contributed by atoms with van der Waals surface area (Å²) < 4.78 is 10.9. The molecule has 4 aliphatic carbocycles. The summed E-state index contributed by atoms with van der Waals surface area (Å²) in [5, 5.41) is 0. The smallest absolute Gasteiger partial charge is 0.410 e. The fourth-order valence-electron chi connectivity index (χ4n) is 5.21. The van der Waals surface area contributed by atoms with Crippen LogP contribution in [0.2, 0.25) is 0 Å². The van der Waals surface area contributed by atoms with Crippen molar-refractivity contribution in [3.05, 3.63) is 0 Å². The average Bonchev–Trinajstić information content (AvgIpc) is 2.56. The summed E-state index contributed by atoms with van der Waals surface area (Å²) in [6.07, 6.45) is 5.95. The molecule has 4 bridgehead atoms. The Hall–Kier alpha value is -0.910. The maximum atomic E-state index is 12.1. The average molecular weight is 339 g/mol. The largest absolute Gasteiger partial charge is 0.459 e. The highest BCUT2D eigenvalue weighted by Crippen LogP contribution is 2.54. The Morgan fingerprint density at radius 3 is 2.17 bits per heavy atom. The Morgan fingerprint density at radius 1 is 0.957 bits per heavy atom. The molecule has 0 unspecified atom stereocenters. The summed E-state index contributed by atoms with van der Waals surface area (Å²) >= 11 is 1.84. The van der Waals surface area contributed by atoms with E-state index >= 15 is 0 Å². The van der Waals surface area contributed by atoms with Gasteiger partial charge in [0, 0.05) is 24.6 Å². The second kappa shape index (κ2) is 6.54. The third-order valence-corrected chi connectivity index (χ3v) is 6.93. The molecule has 5 nitrogen and oxygen atoms in total. The van der Waals surface area contributed by atoms with E-state index in [-0.39, 0.29) is 24.8 Å². The SMILES string of the molecule is O=C(COC(=O)N1CCSCC1)OC1C2CC3CC(C2)CC1C3. The first-order valence-corrected chi connectivity index (χ1v) is 10.0. The van der Waals surface area contributed by atoms with Crippen LogP contribution in [0.3, 0.4) is 0 Å². The van der Waals surface area contributed by atoms with Crippen LogP contribution in [0.25, 0.3) is 0 Å². The van der Waals surface area contributed by atoms with Gasteiger partial charge >= 0.3 is 12.1 Å². The van der Waals surface area contributed by atoms with Crippen molar-refractivity contribution in [1.29, 1.82) is 0 Å². The Balaban J connectivity index is 1.25. The monoisotopic (exact) mass is 339 g/mol. The molecule has 5 fully saturated rings. The Kier molecular flexibility index (Phi) is 4.43. The van der Waals surface area contributed by atoms with Gasteiger partial charge in [0.1, 0.15) is 6.10 Å². The minimum Gasteiger partial charge on any atom is -0.459 e. The van der Waals surface area contributed by atoms with Crippen LogP contribution in [0.5, 0.6) is 0 Å². The predicted molar refractivity (Wildman–Crippen MR) is 87.2 cm³/mol. The molecule has 0 aromatic rings. The number of esters is 1. The van der Waals surface area contributed by atoms with Gasteiger partial charge in [-0.3, -0.25) is 0 Å². The molecule has 6 heteroatoms. The molecule has 0 radical (unpaired) electrons. The fraction of sp³-hybridized carbons (Fsp3) is 0.882. The topological polar surface area (TPSA) is 55.8 Å². The second-order valence-electron chi connectivity index (χ2n) is 7.54. The van der Waals surface area contributed by atoms with Crippen LogP contribution in [0.1, 0.15) is 32.1 Å². The quantitative estimate of drug-likeness (QED) is 0.740. The molecule has 1 saturated heterocycles. The Labute approximate surface area is 141 Å². The molecule has 0 aromatic heterocycles. The van der Waals surface area contributed by atoms with Gasteiger partial charge in [-0.1, -0.05) is 0 Å². The van der Waals surface area contributed by atoms with E-state index in [1.54, 1.807) is 4.90 Å². The minimum atomic E-state index is -0.382. The van der Waals surface area contributed by atoms with E-state index in [0.29, 0.717) is 24.9 Å². The number of nitrogens with zero attached hydrogens (tertiary/aromatic N) is 1. The van der Waals surface area contributed by atoms with Crippen LogP contribution >= 0.6 is 11.8 Å². The van der Waals surface area contributed by atoms with Gasteiger partial charge in [-0.15, -0.1) is 0 Å². The van der Waals surface area contributed by atoms with Crippen molar-refractivity contribution in [2.24, 2.45) is 23.7 Å². The van der Waals surface area contributed by atoms with E-state index in [2.05, 4.69) is 0 Å². The van der Waals surface area contributed by atoms with Gasteiger partial charge in [-0.25, -0.2) is 9.59 Å². The number of thioether (sulfide) groups is 1. The van der Waals surface area contributed by atoms with E-state index in [4.69, 9.17) is 9.47 Å². The molecule has 4 saturated carbocycles. The molecule has 0 atom stereocenters. The van der Waals surface area contributed by atoms with Crippen molar-refractivity contribution in [2.75, 3.05) is 31.2 Å². The number of hydrogen-bond acceptors (Lipinski definition) is 5. The van der Waals surface area contributed by atoms with Gasteiger partial charge in [0.05, 0.1) is 0 Å². The van der Waals surface area contributed by atoms with E-state index in [9.17, 15) is 9.59 Å². The molecule has 23 heavy (non-hydrogen) atoms. The Morgan fingerprint density at radius 2 is 1.57 bits per heavy atom. The summed E-state index contributed by atoms with van der Waals surface area (Å²) in [7, 11) is 0. The highest BCUT2D eigenvalue weighted by molar-refractivity contribution is 7.99. The summed E-state index contributed by atoms with van der Waals surface area (Å²) in [5.74, 6) is 4.32. The number of amides is 1. The van der Waals surface area contributed by atoms with Crippen molar-refractivity contribution in [2.45, 2.75) is 38.2 Å². The zero-order valence-corrected chi connectivity index (χ0v) is 14.3. The van der Waals surface area contributed by atoms with E-state index < -0.39 is 0 Å². The molecule has 1 amide bonds. The van der Waals surface area contributed by atoms with Crippen LogP contribution in [-0.2, 0) is 14.3 Å². The van der Waals surface area contributed by atoms with Crippen molar-refractivity contribution in [3.8, 4) is 0 Å². The van der Waals surface area contributed by atoms with Gasteiger partial charge < -0.3 is 14.4 Å². The number of carbonyl (C=O) groups is 2. The highest BCUT2D eigenvalue weighted by Gasteiger charge is 2.49. The van der Waals surface area contributed by atoms with E-state index in [1.807, 2.05) is 11.8 Å². The lowest BCUT2D eigenvalue weighted by Gasteiger charge is -2.53. The molecule has 5 aliphatic rings. The second-order valence-corrected chi connectivity index (χ2v) is 8.76. The van der Waals surface area contributed by atoms with E-state index in [1.165, 1.54) is 32.1 Å². The highest BCUT2D eigenvalue weighted by atomic mass is 32.2. The first kappa shape index (κ1) is 15.6. The molecule has 1 aliphatic heterocycles. The first-order chi connectivity index (χ1) is 11.2. The van der Waals surface area contributed by atoms with Gasteiger partial charge in [0.25, 0.3) is 0 Å².